The summed E-state index contributed by atoms with van der Waals surface area (Å²) in [5.41, 5.74) is 0. The largest absolute Gasteiger partial charge is 0.392 e. The van der Waals surface area contributed by atoms with E-state index in [0.29, 0.717) is 19.6 Å². The van der Waals surface area contributed by atoms with Crippen LogP contribution in [-0.2, 0) is 0 Å². The van der Waals surface area contributed by atoms with Crippen molar-refractivity contribution in [2.24, 2.45) is 0 Å². The minimum absolute atomic E-state index is 0.153. The van der Waals surface area contributed by atoms with Gasteiger partial charge in [0.2, 0.25) is 0 Å². The van der Waals surface area contributed by atoms with Gasteiger partial charge in [0.1, 0.15) is 0 Å². The van der Waals surface area contributed by atoms with E-state index in [-0.39, 0.29) is 18.2 Å². The number of nitrogens with one attached hydrogen (secondary N) is 3. The lowest BCUT2D eigenvalue weighted by atomic mass is 10.4. The van der Waals surface area contributed by atoms with Crippen molar-refractivity contribution >= 4 is 6.03 Å². The summed E-state index contributed by atoms with van der Waals surface area (Å²) >= 11 is 0. The summed E-state index contributed by atoms with van der Waals surface area (Å²) in [5.74, 6) is 0. The zero-order valence-electron chi connectivity index (χ0n) is 9.13. The van der Waals surface area contributed by atoms with E-state index >= 15 is 0 Å². The molecule has 0 saturated carbocycles. The predicted octanol–water partition coefficient (Wildman–Crippen LogP) is -0.336. The van der Waals surface area contributed by atoms with Gasteiger partial charge in [-0.3, -0.25) is 0 Å². The van der Waals surface area contributed by atoms with Crippen molar-refractivity contribution in [3.8, 4) is 0 Å². The number of hydrogen-bond acceptors (Lipinski definition) is 3. The summed E-state index contributed by atoms with van der Waals surface area (Å²) in [6.07, 6.45) is -0.348. The lowest BCUT2D eigenvalue weighted by molar-refractivity contribution is 0.191. The molecule has 14 heavy (non-hydrogen) atoms. The number of hydrogen-bond donors (Lipinski definition) is 4. The summed E-state index contributed by atoms with van der Waals surface area (Å²) in [7, 11) is 0. The van der Waals surface area contributed by atoms with E-state index in [4.69, 9.17) is 5.11 Å². The van der Waals surface area contributed by atoms with Gasteiger partial charge in [-0.25, -0.2) is 4.79 Å². The molecule has 84 valence electrons. The van der Waals surface area contributed by atoms with Gasteiger partial charge in [0.15, 0.2) is 0 Å². The first kappa shape index (κ1) is 13.2. The molecule has 0 spiro atoms. The maximum Gasteiger partial charge on any atom is 0.315 e. The average molecular weight is 203 g/mol. The van der Waals surface area contributed by atoms with E-state index in [1.807, 2.05) is 13.8 Å². The molecular formula is C9H21N3O2. The smallest absolute Gasteiger partial charge is 0.315 e. The molecule has 0 aromatic carbocycles. The minimum Gasteiger partial charge on any atom is -0.392 e. The zero-order chi connectivity index (χ0) is 11.0. The Kier molecular flexibility index (Phi) is 7.14. The second-order valence-electron chi connectivity index (χ2n) is 3.61. The molecule has 4 N–H and O–H groups in total. The first-order valence-electron chi connectivity index (χ1n) is 4.95. The van der Waals surface area contributed by atoms with Crippen molar-refractivity contribution in [1.82, 2.24) is 16.0 Å². The highest BCUT2D eigenvalue weighted by atomic mass is 16.3. The summed E-state index contributed by atoms with van der Waals surface area (Å²) in [6.45, 7) is 7.30. The van der Waals surface area contributed by atoms with Crippen LogP contribution in [0.4, 0.5) is 4.79 Å². The van der Waals surface area contributed by atoms with Gasteiger partial charge in [0, 0.05) is 25.7 Å². The molecule has 0 saturated heterocycles. The van der Waals surface area contributed by atoms with Gasteiger partial charge in [-0.15, -0.1) is 0 Å². The van der Waals surface area contributed by atoms with Crippen LogP contribution >= 0.6 is 0 Å². The Bertz CT molecular complexity index is 160. The van der Waals surface area contributed by atoms with Crippen molar-refractivity contribution < 1.29 is 9.90 Å². The van der Waals surface area contributed by atoms with Gasteiger partial charge >= 0.3 is 6.03 Å². The van der Waals surface area contributed by atoms with Crippen molar-refractivity contribution in [3.63, 3.8) is 0 Å². The number of amides is 2. The predicted molar refractivity (Wildman–Crippen MR) is 56.2 cm³/mol. The fourth-order valence-corrected chi connectivity index (χ4v) is 0.889. The van der Waals surface area contributed by atoms with E-state index in [9.17, 15) is 4.79 Å². The van der Waals surface area contributed by atoms with Crippen LogP contribution in [0.15, 0.2) is 0 Å². The summed E-state index contributed by atoms with van der Waals surface area (Å²) < 4.78 is 0. The van der Waals surface area contributed by atoms with E-state index in [1.54, 1.807) is 6.92 Å². The van der Waals surface area contributed by atoms with Crippen LogP contribution < -0.4 is 16.0 Å². The Morgan fingerprint density at radius 2 is 1.93 bits per heavy atom. The molecule has 0 rings (SSSR count). The van der Waals surface area contributed by atoms with Crippen LogP contribution in [-0.4, -0.2) is 42.9 Å². The maximum absolute atomic E-state index is 11.1. The minimum atomic E-state index is -0.348. The van der Waals surface area contributed by atoms with Crippen molar-refractivity contribution in [1.29, 1.82) is 0 Å². The number of aliphatic hydroxyl groups excluding tert-OH is 1. The van der Waals surface area contributed by atoms with Gasteiger partial charge in [0.05, 0.1) is 6.10 Å². The Hall–Kier alpha value is -0.810. The van der Waals surface area contributed by atoms with Crippen LogP contribution in [0, 0.1) is 0 Å². The molecule has 0 aliphatic carbocycles. The zero-order valence-corrected chi connectivity index (χ0v) is 9.13. The molecule has 5 heteroatoms. The highest BCUT2D eigenvalue weighted by Crippen LogP contribution is 1.76. The first-order chi connectivity index (χ1) is 6.52. The van der Waals surface area contributed by atoms with Crippen molar-refractivity contribution in [2.75, 3.05) is 19.6 Å². The molecule has 2 amide bonds. The third-order valence-electron chi connectivity index (χ3n) is 1.45. The second-order valence-corrected chi connectivity index (χ2v) is 3.61. The topological polar surface area (TPSA) is 73.4 Å². The van der Waals surface area contributed by atoms with Crippen LogP contribution in [0.1, 0.15) is 20.8 Å². The Morgan fingerprint density at radius 1 is 1.29 bits per heavy atom. The summed E-state index contributed by atoms with van der Waals surface area (Å²) in [5, 5.41) is 17.3. The average Bonchev–Trinajstić information content (AvgIpc) is 2.01. The first-order valence-corrected chi connectivity index (χ1v) is 4.95. The van der Waals surface area contributed by atoms with E-state index in [0.717, 1.165) is 0 Å². The molecular weight excluding hydrogens is 182 g/mol. The van der Waals surface area contributed by atoms with Gasteiger partial charge < -0.3 is 21.1 Å². The Morgan fingerprint density at radius 3 is 2.43 bits per heavy atom. The van der Waals surface area contributed by atoms with Gasteiger partial charge in [-0.2, -0.15) is 0 Å². The lowest BCUT2D eigenvalue weighted by Crippen LogP contribution is -2.42. The molecule has 1 unspecified atom stereocenters. The Balaban J connectivity index is 3.23. The number of rotatable bonds is 6. The van der Waals surface area contributed by atoms with Gasteiger partial charge in [-0.1, -0.05) is 0 Å². The highest BCUT2D eigenvalue weighted by Gasteiger charge is 2.00. The molecule has 0 aromatic heterocycles. The number of urea groups is 1. The fraction of sp³-hybridized carbons (Fsp3) is 0.889. The van der Waals surface area contributed by atoms with Crippen LogP contribution in [0.2, 0.25) is 0 Å². The number of carbonyl (C=O) groups is 1. The molecule has 0 aliphatic heterocycles. The fourth-order valence-electron chi connectivity index (χ4n) is 0.889. The monoisotopic (exact) mass is 203 g/mol. The van der Waals surface area contributed by atoms with E-state index in [1.165, 1.54) is 0 Å². The molecule has 0 bridgehead atoms. The van der Waals surface area contributed by atoms with Crippen LogP contribution in [0.5, 0.6) is 0 Å². The summed E-state index contributed by atoms with van der Waals surface area (Å²) in [6, 6.07) is -0.000676. The standard InChI is InChI=1S/C9H21N3O2/c1-7(2)12-9(14)11-5-4-10-6-8(3)13/h7-8,10,13H,4-6H2,1-3H3,(H2,11,12,14). The normalized spacial score (nSPS) is 12.6. The summed E-state index contributed by atoms with van der Waals surface area (Å²) in [4.78, 5) is 11.1. The number of carbonyl (C=O) groups excluding carboxylic acids is 1. The molecule has 5 nitrogen and oxygen atoms in total. The SMILES string of the molecule is CC(O)CNCCNC(=O)NC(C)C. The van der Waals surface area contributed by atoms with Crippen molar-refractivity contribution in [3.05, 3.63) is 0 Å². The molecule has 0 aliphatic rings. The molecule has 0 aromatic rings. The highest BCUT2D eigenvalue weighted by molar-refractivity contribution is 5.74. The third-order valence-corrected chi connectivity index (χ3v) is 1.45. The molecule has 0 radical (unpaired) electrons. The second kappa shape index (κ2) is 7.58. The van der Waals surface area contributed by atoms with Gasteiger partial charge in [0.25, 0.3) is 0 Å². The lowest BCUT2D eigenvalue weighted by Gasteiger charge is -2.10. The van der Waals surface area contributed by atoms with E-state index in [2.05, 4.69) is 16.0 Å². The van der Waals surface area contributed by atoms with E-state index < -0.39 is 0 Å². The van der Waals surface area contributed by atoms with Crippen LogP contribution in [0.25, 0.3) is 0 Å². The quantitative estimate of drug-likeness (QED) is 0.446. The van der Waals surface area contributed by atoms with Gasteiger partial charge in [-0.05, 0) is 20.8 Å². The molecule has 0 fully saturated rings. The Labute approximate surface area is 85.3 Å². The molecule has 1 atom stereocenters. The molecule has 0 heterocycles. The van der Waals surface area contributed by atoms with Crippen molar-refractivity contribution in [2.45, 2.75) is 32.9 Å². The maximum atomic E-state index is 11.1. The van der Waals surface area contributed by atoms with Crippen LogP contribution in [0.3, 0.4) is 0 Å². The number of aliphatic hydroxyl groups is 1. The third kappa shape index (κ3) is 9.28.